The number of rotatable bonds is 3. The van der Waals surface area contributed by atoms with Crippen molar-refractivity contribution in [3.8, 4) is 0 Å². The molecule has 1 aromatic rings. The lowest BCUT2D eigenvalue weighted by molar-refractivity contribution is 0.0749. The lowest BCUT2D eigenvalue weighted by Gasteiger charge is -2.34. The highest BCUT2D eigenvalue weighted by atomic mass is 35.5. The minimum absolute atomic E-state index is 0.00535. The summed E-state index contributed by atoms with van der Waals surface area (Å²) in [5.41, 5.74) is 0.171. The van der Waals surface area contributed by atoms with Crippen molar-refractivity contribution in [2.75, 3.05) is 23.8 Å². The number of carbonyl (C=O) groups is 1. The van der Waals surface area contributed by atoms with Crippen LogP contribution in [-0.2, 0) is 9.84 Å². The van der Waals surface area contributed by atoms with Gasteiger partial charge in [0.15, 0.2) is 9.84 Å². The van der Waals surface area contributed by atoms with Crippen LogP contribution < -0.4 is 0 Å². The highest BCUT2D eigenvalue weighted by molar-refractivity contribution is 8.01. The quantitative estimate of drug-likeness (QED) is 0.765. The Morgan fingerprint density at radius 2 is 2.19 bits per heavy atom. The number of pyridine rings is 1. The predicted molar refractivity (Wildman–Crippen MR) is 85.9 cm³/mol. The first kappa shape index (κ1) is 16.9. The maximum atomic E-state index is 12.6. The molecule has 1 atom stereocenters. The molecule has 1 amide bonds. The second-order valence-electron chi connectivity index (χ2n) is 4.45. The Kier molecular flexibility index (Phi) is 5.40. The first-order valence-electron chi connectivity index (χ1n) is 6.29. The number of sulfone groups is 1. The standard InChI is InChI=1S/C12H14Cl2N2O3S2/c1-2-21(18,19)10-7-20-6-5-16(10)12(17)8-3-4-9(13)15-11(8)14/h3-4,10H,2,5-7H2,1H3. The van der Waals surface area contributed by atoms with Crippen LogP contribution >= 0.6 is 35.0 Å². The van der Waals surface area contributed by atoms with Gasteiger partial charge in [-0.2, -0.15) is 11.8 Å². The molecule has 0 aliphatic carbocycles. The fourth-order valence-electron chi connectivity index (χ4n) is 2.03. The van der Waals surface area contributed by atoms with Gasteiger partial charge in [-0.3, -0.25) is 4.79 Å². The van der Waals surface area contributed by atoms with Crippen molar-refractivity contribution in [3.63, 3.8) is 0 Å². The topological polar surface area (TPSA) is 67.3 Å². The molecule has 1 aromatic heterocycles. The van der Waals surface area contributed by atoms with Crippen LogP contribution in [0, 0.1) is 0 Å². The molecule has 21 heavy (non-hydrogen) atoms. The van der Waals surface area contributed by atoms with E-state index >= 15 is 0 Å². The van der Waals surface area contributed by atoms with Crippen LogP contribution in [0.15, 0.2) is 12.1 Å². The normalized spacial score (nSPS) is 19.6. The molecule has 0 radical (unpaired) electrons. The van der Waals surface area contributed by atoms with Gasteiger partial charge in [-0.1, -0.05) is 30.1 Å². The Labute approximate surface area is 137 Å². The van der Waals surface area contributed by atoms with E-state index in [4.69, 9.17) is 23.2 Å². The van der Waals surface area contributed by atoms with E-state index in [0.29, 0.717) is 18.1 Å². The fraction of sp³-hybridized carbons (Fsp3) is 0.500. The van der Waals surface area contributed by atoms with E-state index in [1.54, 1.807) is 6.92 Å². The van der Waals surface area contributed by atoms with E-state index in [9.17, 15) is 13.2 Å². The summed E-state index contributed by atoms with van der Waals surface area (Å²) in [5.74, 6) is 0.640. The number of thioether (sulfide) groups is 1. The smallest absolute Gasteiger partial charge is 0.258 e. The predicted octanol–water partition coefficient (Wildman–Crippen LogP) is 2.34. The molecular formula is C12H14Cl2N2O3S2. The Morgan fingerprint density at radius 1 is 1.48 bits per heavy atom. The molecule has 1 aliphatic heterocycles. The molecule has 2 rings (SSSR count). The van der Waals surface area contributed by atoms with E-state index in [2.05, 4.69) is 4.98 Å². The zero-order valence-electron chi connectivity index (χ0n) is 11.3. The van der Waals surface area contributed by atoms with Gasteiger partial charge in [0.1, 0.15) is 15.7 Å². The first-order valence-corrected chi connectivity index (χ1v) is 9.91. The molecule has 116 valence electrons. The number of halogens is 2. The van der Waals surface area contributed by atoms with Crippen molar-refractivity contribution in [1.82, 2.24) is 9.88 Å². The molecular weight excluding hydrogens is 355 g/mol. The van der Waals surface area contributed by atoms with Crippen LogP contribution in [0.2, 0.25) is 10.3 Å². The lowest BCUT2D eigenvalue weighted by Crippen LogP contribution is -2.50. The van der Waals surface area contributed by atoms with E-state index in [1.165, 1.54) is 28.8 Å². The molecule has 0 N–H and O–H groups in total. The molecule has 0 bridgehead atoms. The number of hydrogen-bond acceptors (Lipinski definition) is 5. The number of carbonyl (C=O) groups excluding carboxylic acids is 1. The number of amides is 1. The van der Waals surface area contributed by atoms with Crippen molar-refractivity contribution >= 4 is 50.7 Å². The van der Waals surface area contributed by atoms with Gasteiger partial charge in [0.05, 0.1) is 5.56 Å². The zero-order valence-corrected chi connectivity index (χ0v) is 14.4. The third-order valence-electron chi connectivity index (χ3n) is 3.21. The number of aromatic nitrogens is 1. The Balaban J connectivity index is 2.35. The van der Waals surface area contributed by atoms with Crippen molar-refractivity contribution < 1.29 is 13.2 Å². The maximum absolute atomic E-state index is 12.6. The average Bonchev–Trinajstić information content (AvgIpc) is 2.46. The van der Waals surface area contributed by atoms with Gasteiger partial charge >= 0.3 is 0 Å². The summed E-state index contributed by atoms with van der Waals surface area (Å²) in [7, 11) is -3.35. The summed E-state index contributed by atoms with van der Waals surface area (Å²) in [4.78, 5) is 17.8. The number of hydrogen-bond donors (Lipinski definition) is 0. The summed E-state index contributed by atoms with van der Waals surface area (Å²) in [5, 5.41) is -0.651. The zero-order chi connectivity index (χ0) is 15.6. The molecule has 0 aromatic carbocycles. The second kappa shape index (κ2) is 6.73. The van der Waals surface area contributed by atoms with Crippen LogP contribution in [-0.4, -0.2) is 53.4 Å². The Bertz CT molecular complexity index is 652. The van der Waals surface area contributed by atoms with Crippen molar-refractivity contribution in [1.29, 1.82) is 0 Å². The van der Waals surface area contributed by atoms with Gasteiger partial charge in [0, 0.05) is 23.8 Å². The van der Waals surface area contributed by atoms with E-state index in [0.717, 1.165) is 0 Å². The molecule has 2 heterocycles. The summed E-state index contributed by atoms with van der Waals surface area (Å²) >= 11 is 13.2. The van der Waals surface area contributed by atoms with Crippen LogP contribution in [0.5, 0.6) is 0 Å². The summed E-state index contributed by atoms with van der Waals surface area (Å²) in [6, 6.07) is 2.93. The molecule has 1 unspecified atom stereocenters. The van der Waals surface area contributed by atoms with Crippen LogP contribution in [0.4, 0.5) is 0 Å². The largest absolute Gasteiger partial charge is 0.320 e. The highest BCUT2D eigenvalue weighted by Crippen LogP contribution is 2.26. The summed E-state index contributed by atoms with van der Waals surface area (Å²) in [6.45, 7) is 1.94. The number of nitrogens with zero attached hydrogens (tertiary/aromatic N) is 2. The van der Waals surface area contributed by atoms with Crippen molar-refractivity contribution in [3.05, 3.63) is 28.0 Å². The van der Waals surface area contributed by atoms with E-state index < -0.39 is 21.1 Å². The molecule has 1 aliphatic rings. The van der Waals surface area contributed by atoms with Crippen molar-refractivity contribution in [2.24, 2.45) is 0 Å². The van der Waals surface area contributed by atoms with Gasteiger partial charge < -0.3 is 4.90 Å². The average molecular weight is 369 g/mol. The van der Waals surface area contributed by atoms with Gasteiger partial charge in [-0.05, 0) is 12.1 Å². The van der Waals surface area contributed by atoms with Crippen molar-refractivity contribution in [2.45, 2.75) is 12.3 Å². The summed E-state index contributed by atoms with van der Waals surface area (Å²) < 4.78 is 24.3. The minimum Gasteiger partial charge on any atom is -0.320 e. The summed E-state index contributed by atoms with van der Waals surface area (Å²) in [6.07, 6.45) is 0. The molecule has 5 nitrogen and oxygen atoms in total. The highest BCUT2D eigenvalue weighted by Gasteiger charge is 2.36. The first-order chi connectivity index (χ1) is 9.86. The van der Waals surface area contributed by atoms with Gasteiger partial charge in [-0.15, -0.1) is 0 Å². The molecule has 0 saturated carbocycles. The van der Waals surface area contributed by atoms with Gasteiger partial charge in [0.2, 0.25) is 0 Å². The maximum Gasteiger partial charge on any atom is 0.258 e. The molecule has 0 spiro atoms. The van der Waals surface area contributed by atoms with Crippen LogP contribution in [0.3, 0.4) is 0 Å². The van der Waals surface area contributed by atoms with Gasteiger partial charge in [-0.25, -0.2) is 13.4 Å². The second-order valence-corrected chi connectivity index (χ2v) is 8.79. The Hall–Kier alpha value is -0.500. The molecule has 9 heteroatoms. The van der Waals surface area contributed by atoms with Crippen LogP contribution in [0.25, 0.3) is 0 Å². The molecule has 1 saturated heterocycles. The lowest BCUT2D eigenvalue weighted by atomic mass is 10.2. The monoisotopic (exact) mass is 368 g/mol. The minimum atomic E-state index is -3.35. The SMILES string of the molecule is CCS(=O)(=O)C1CSCCN1C(=O)c1ccc(Cl)nc1Cl. The van der Waals surface area contributed by atoms with Gasteiger partial charge in [0.25, 0.3) is 5.91 Å². The van der Waals surface area contributed by atoms with E-state index in [1.807, 2.05) is 0 Å². The molecule has 1 fully saturated rings. The van der Waals surface area contributed by atoms with Crippen LogP contribution in [0.1, 0.15) is 17.3 Å². The Morgan fingerprint density at radius 3 is 2.81 bits per heavy atom. The fourth-order valence-corrected chi connectivity index (χ4v) is 5.42. The third kappa shape index (κ3) is 3.64. The van der Waals surface area contributed by atoms with E-state index in [-0.39, 0.29) is 21.6 Å². The third-order valence-corrected chi connectivity index (χ3v) is 6.99.